The molecule has 0 bridgehead atoms. The first-order valence-corrected chi connectivity index (χ1v) is 8.91. The second-order valence-electron chi connectivity index (χ2n) is 6.93. The van der Waals surface area contributed by atoms with Crippen molar-refractivity contribution < 1.29 is 0 Å². The Labute approximate surface area is 129 Å². The third-order valence-electron chi connectivity index (χ3n) is 5.60. The minimum Gasteiger partial charge on any atom is -0.364 e. The second-order valence-corrected chi connectivity index (χ2v) is 6.93. The third kappa shape index (κ3) is 3.11. The average molecular weight is 286 g/mol. The van der Waals surface area contributed by atoms with Gasteiger partial charge in [-0.2, -0.15) is 0 Å². The molecule has 0 unspecified atom stereocenters. The maximum absolute atomic E-state index is 6.36. The van der Waals surface area contributed by atoms with E-state index in [9.17, 15) is 0 Å². The lowest BCUT2D eigenvalue weighted by molar-refractivity contribution is 0.299. The first-order valence-electron chi connectivity index (χ1n) is 8.91. The molecule has 0 amide bonds. The zero-order chi connectivity index (χ0) is 14.5. The standard InChI is InChI=1S/C19H30N2/c20-16-19(13-7-2-1-3-8-14-19)21-15-9-6-11-17-10-4-5-12-18(17)21/h4-5,10,12H,1-3,6-9,11,13-16,20H2. The summed E-state index contributed by atoms with van der Waals surface area (Å²) in [6.45, 7) is 2.00. The topological polar surface area (TPSA) is 29.3 Å². The average Bonchev–Trinajstić information content (AvgIpc) is 2.71. The number of nitrogens with two attached hydrogens (primary N) is 1. The minimum atomic E-state index is 0.209. The van der Waals surface area contributed by atoms with Crippen LogP contribution in [-0.4, -0.2) is 18.6 Å². The predicted octanol–water partition coefficient (Wildman–Crippen LogP) is 4.27. The first kappa shape index (κ1) is 14.9. The van der Waals surface area contributed by atoms with Crippen LogP contribution in [0.3, 0.4) is 0 Å². The van der Waals surface area contributed by atoms with Crippen LogP contribution < -0.4 is 10.6 Å². The fourth-order valence-corrected chi connectivity index (χ4v) is 4.33. The number of rotatable bonds is 2. The summed E-state index contributed by atoms with van der Waals surface area (Å²) in [5.41, 5.74) is 9.57. The number of aryl methyl sites for hydroxylation is 1. The summed E-state index contributed by atoms with van der Waals surface area (Å²) in [4.78, 5) is 2.71. The van der Waals surface area contributed by atoms with E-state index in [1.54, 1.807) is 0 Å². The third-order valence-corrected chi connectivity index (χ3v) is 5.60. The number of hydrogen-bond acceptors (Lipinski definition) is 2. The van der Waals surface area contributed by atoms with Crippen molar-refractivity contribution >= 4 is 5.69 Å². The van der Waals surface area contributed by atoms with Crippen molar-refractivity contribution in [2.75, 3.05) is 18.0 Å². The van der Waals surface area contributed by atoms with Crippen molar-refractivity contribution in [3.63, 3.8) is 0 Å². The number of para-hydroxylation sites is 1. The van der Waals surface area contributed by atoms with E-state index in [1.165, 1.54) is 82.0 Å². The highest BCUT2D eigenvalue weighted by atomic mass is 15.2. The van der Waals surface area contributed by atoms with Gasteiger partial charge in [0.15, 0.2) is 0 Å². The molecule has 1 aliphatic heterocycles. The van der Waals surface area contributed by atoms with Crippen molar-refractivity contribution in [1.82, 2.24) is 0 Å². The van der Waals surface area contributed by atoms with Gasteiger partial charge >= 0.3 is 0 Å². The normalized spacial score (nSPS) is 22.8. The minimum absolute atomic E-state index is 0.209. The van der Waals surface area contributed by atoms with E-state index < -0.39 is 0 Å². The molecule has 21 heavy (non-hydrogen) atoms. The molecule has 2 aliphatic rings. The van der Waals surface area contributed by atoms with Gasteiger partial charge in [-0.3, -0.25) is 0 Å². The smallest absolute Gasteiger partial charge is 0.0524 e. The number of hydrogen-bond donors (Lipinski definition) is 1. The SMILES string of the molecule is NCC1(N2CCCCc3ccccc32)CCCCCCC1. The lowest BCUT2D eigenvalue weighted by Gasteiger charge is -2.46. The lowest BCUT2D eigenvalue weighted by atomic mass is 9.81. The van der Waals surface area contributed by atoms with Gasteiger partial charge in [0.25, 0.3) is 0 Å². The summed E-state index contributed by atoms with van der Waals surface area (Å²) < 4.78 is 0. The quantitative estimate of drug-likeness (QED) is 0.879. The van der Waals surface area contributed by atoms with E-state index in [4.69, 9.17) is 5.73 Å². The predicted molar refractivity (Wildman–Crippen MR) is 90.8 cm³/mol. The molecule has 0 atom stereocenters. The van der Waals surface area contributed by atoms with Crippen LogP contribution >= 0.6 is 0 Å². The van der Waals surface area contributed by atoms with Crippen molar-refractivity contribution in [3.05, 3.63) is 29.8 Å². The molecule has 1 saturated carbocycles. The van der Waals surface area contributed by atoms with Crippen LogP contribution in [0.25, 0.3) is 0 Å². The van der Waals surface area contributed by atoms with Crippen LogP contribution in [-0.2, 0) is 6.42 Å². The zero-order valence-electron chi connectivity index (χ0n) is 13.3. The molecule has 2 nitrogen and oxygen atoms in total. The van der Waals surface area contributed by atoms with Gasteiger partial charge in [0, 0.05) is 18.8 Å². The second kappa shape index (κ2) is 6.83. The van der Waals surface area contributed by atoms with E-state index in [2.05, 4.69) is 29.2 Å². The molecule has 1 aromatic carbocycles. The largest absolute Gasteiger partial charge is 0.364 e. The Hall–Kier alpha value is -1.02. The first-order chi connectivity index (χ1) is 10.4. The van der Waals surface area contributed by atoms with Crippen LogP contribution in [0.1, 0.15) is 63.4 Å². The van der Waals surface area contributed by atoms with Crippen molar-refractivity contribution in [2.45, 2.75) is 69.7 Å². The van der Waals surface area contributed by atoms with Crippen LogP contribution in [0.15, 0.2) is 24.3 Å². The van der Waals surface area contributed by atoms with Gasteiger partial charge in [0.1, 0.15) is 0 Å². The molecule has 3 rings (SSSR count). The maximum atomic E-state index is 6.36. The number of fused-ring (bicyclic) bond motifs is 1. The molecule has 1 heterocycles. The Balaban J connectivity index is 1.94. The number of anilines is 1. The molecule has 0 saturated heterocycles. The Morgan fingerprint density at radius 2 is 1.62 bits per heavy atom. The van der Waals surface area contributed by atoms with Crippen molar-refractivity contribution in [2.24, 2.45) is 5.73 Å². The number of benzene rings is 1. The molecule has 0 spiro atoms. The van der Waals surface area contributed by atoms with E-state index in [1.807, 2.05) is 0 Å². The highest BCUT2D eigenvalue weighted by molar-refractivity contribution is 5.56. The Kier molecular flexibility index (Phi) is 4.84. The zero-order valence-corrected chi connectivity index (χ0v) is 13.3. The van der Waals surface area contributed by atoms with Crippen LogP contribution in [0, 0.1) is 0 Å². The monoisotopic (exact) mass is 286 g/mol. The summed E-state index contributed by atoms with van der Waals surface area (Å²) in [5, 5.41) is 0. The summed E-state index contributed by atoms with van der Waals surface area (Å²) in [6, 6.07) is 9.04. The van der Waals surface area contributed by atoms with Gasteiger partial charge in [0.05, 0.1) is 5.54 Å². The molecule has 2 heteroatoms. The molecule has 0 radical (unpaired) electrons. The molecule has 1 aromatic rings. The van der Waals surface area contributed by atoms with E-state index in [0.717, 1.165) is 6.54 Å². The summed E-state index contributed by atoms with van der Waals surface area (Å²) in [6.07, 6.45) is 13.3. The van der Waals surface area contributed by atoms with E-state index in [0.29, 0.717) is 0 Å². The maximum Gasteiger partial charge on any atom is 0.0524 e. The van der Waals surface area contributed by atoms with E-state index in [-0.39, 0.29) is 5.54 Å². The van der Waals surface area contributed by atoms with Crippen LogP contribution in [0.2, 0.25) is 0 Å². The summed E-state index contributed by atoms with van der Waals surface area (Å²) >= 11 is 0. The van der Waals surface area contributed by atoms with Gasteiger partial charge < -0.3 is 10.6 Å². The van der Waals surface area contributed by atoms with Crippen LogP contribution in [0.5, 0.6) is 0 Å². The fraction of sp³-hybridized carbons (Fsp3) is 0.684. The molecule has 1 fully saturated rings. The van der Waals surface area contributed by atoms with Crippen LogP contribution in [0.4, 0.5) is 5.69 Å². The fourth-order valence-electron chi connectivity index (χ4n) is 4.33. The molecular weight excluding hydrogens is 256 g/mol. The Morgan fingerprint density at radius 1 is 0.905 bits per heavy atom. The van der Waals surface area contributed by atoms with Gasteiger partial charge in [-0.05, 0) is 43.7 Å². The van der Waals surface area contributed by atoms with Gasteiger partial charge in [-0.15, -0.1) is 0 Å². The molecule has 116 valence electrons. The van der Waals surface area contributed by atoms with Crippen molar-refractivity contribution in [1.29, 1.82) is 0 Å². The van der Waals surface area contributed by atoms with Gasteiger partial charge in [-0.25, -0.2) is 0 Å². The summed E-state index contributed by atoms with van der Waals surface area (Å²) in [5.74, 6) is 0. The highest BCUT2D eigenvalue weighted by Crippen LogP contribution is 2.38. The molecule has 0 aromatic heterocycles. The summed E-state index contributed by atoms with van der Waals surface area (Å²) in [7, 11) is 0. The van der Waals surface area contributed by atoms with Gasteiger partial charge in [-0.1, -0.05) is 50.3 Å². The van der Waals surface area contributed by atoms with Gasteiger partial charge in [0.2, 0.25) is 0 Å². The highest BCUT2D eigenvalue weighted by Gasteiger charge is 2.36. The Morgan fingerprint density at radius 3 is 2.38 bits per heavy atom. The molecular formula is C19H30N2. The Bertz CT molecular complexity index is 447. The molecule has 1 aliphatic carbocycles. The lowest BCUT2D eigenvalue weighted by Crippen LogP contribution is -2.55. The van der Waals surface area contributed by atoms with Crippen molar-refractivity contribution in [3.8, 4) is 0 Å². The number of nitrogens with zero attached hydrogens (tertiary/aromatic N) is 1. The van der Waals surface area contributed by atoms with E-state index >= 15 is 0 Å². The molecule has 2 N–H and O–H groups in total.